The molecule has 0 radical (unpaired) electrons. The van der Waals surface area contributed by atoms with Crippen LogP contribution >= 0.6 is 11.6 Å². The summed E-state index contributed by atoms with van der Waals surface area (Å²) in [5.74, 6) is -0.0926. The molecule has 1 aromatic heterocycles. The third kappa shape index (κ3) is 4.82. The second kappa shape index (κ2) is 8.47. The van der Waals surface area contributed by atoms with Gasteiger partial charge in [-0.05, 0) is 31.9 Å². The van der Waals surface area contributed by atoms with Gasteiger partial charge in [-0.2, -0.15) is 4.98 Å². The summed E-state index contributed by atoms with van der Waals surface area (Å²) in [4.78, 5) is 30.4. The average Bonchev–Trinajstić information content (AvgIpc) is 3.08. The lowest BCUT2D eigenvalue weighted by Crippen LogP contribution is -2.43. The van der Waals surface area contributed by atoms with Crippen LogP contribution in [0.5, 0.6) is 0 Å². The number of carbonyl (C=O) groups excluding carboxylic acids is 2. The van der Waals surface area contributed by atoms with Crippen LogP contribution in [0.4, 0.5) is 4.39 Å². The lowest BCUT2D eigenvalue weighted by molar-refractivity contribution is -0.135. The summed E-state index contributed by atoms with van der Waals surface area (Å²) < 4.78 is 18.8. The Balaban J connectivity index is 1.48. The molecule has 1 aliphatic rings. The molecule has 0 spiro atoms. The fourth-order valence-electron chi connectivity index (χ4n) is 3.07. The molecule has 2 heterocycles. The fourth-order valence-corrected chi connectivity index (χ4v) is 3.30. The highest BCUT2D eigenvalue weighted by atomic mass is 35.5. The Morgan fingerprint density at radius 2 is 2.11 bits per heavy atom. The topological polar surface area (TPSA) is 88.3 Å². The monoisotopic (exact) mass is 394 g/mol. The largest absolute Gasteiger partial charge is 0.347 e. The van der Waals surface area contributed by atoms with Crippen LogP contribution in [0.25, 0.3) is 0 Å². The molecule has 3 rings (SSSR count). The number of nitrogens with zero attached hydrogens (tertiary/aromatic N) is 3. The minimum Gasteiger partial charge on any atom is -0.347 e. The molecule has 9 heteroatoms. The summed E-state index contributed by atoms with van der Waals surface area (Å²) in [7, 11) is 0. The number of benzene rings is 1. The molecule has 1 aliphatic heterocycles. The minimum absolute atomic E-state index is 0.0844. The zero-order valence-electron chi connectivity index (χ0n) is 14.9. The summed E-state index contributed by atoms with van der Waals surface area (Å²) in [6, 6.07) is 4.36. The van der Waals surface area contributed by atoms with Crippen molar-refractivity contribution in [3.05, 3.63) is 46.3 Å². The third-order valence-corrected chi connectivity index (χ3v) is 4.95. The van der Waals surface area contributed by atoms with Gasteiger partial charge in [0.05, 0.1) is 13.0 Å². The number of carbonyl (C=O) groups is 2. The fraction of sp³-hybridized carbons (Fsp3) is 0.444. The zero-order chi connectivity index (χ0) is 19.4. The smallest absolute Gasteiger partial charge is 0.246 e. The molecule has 0 atom stereocenters. The molecule has 144 valence electrons. The molecule has 2 amide bonds. The molecule has 0 bridgehead atoms. The van der Waals surface area contributed by atoms with Gasteiger partial charge in [-0.25, -0.2) is 4.39 Å². The van der Waals surface area contributed by atoms with Gasteiger partial charge < -0.3 is 14.7 Å². The summed E-state index contributed by atoms with van der Waals surface area (Å²) in [6.07, 6.45) is 1.01. The van der Waals surface area contributed by atoms with Crippen LogP contribution in [0.15, 0.2) is 22.7 Å². The van der Waals surface area contributed by atoms with E-state index < -0.39 is 5.82 Å². The average molecular weight is 395 g/mol. The van der Waals surface area contributed by atoms with Crippen molar-refractivity contribution in [2.45, 2.75) is 32.7 Å². The molecule has 1 aromatic carbocycles. The number of aromatic nitrogens is 2. The van der Waals surface area contributed by atoms with Crippen molar-refractivity contribution in [3.63, 3.8) is 0 Å². The van der Waals surface area contributed by atoms with Crippen molar-refractivity contribution >= 4 is 23.4 Å². The zero-order valence-corrected chi connectivity index (χ0v) is 15.6. The second-order valence-electron chi connectivity index (χ2n) is 6.49. The number of likely N-dealkylation sites (tertiary alicyclic amines) is 1. The van der Waals surface area contributed by atoms with Gasteiger partial charge >= 0.3 is 0 Å². The van der Waals surface area contributed by atoms with Gasteiger partial charge in [-0.15, -0.1) is 0 Å². The molecule has 0 saturated carbocycles. The Morgan fingerprint density at radius 1 is 1.37 bits per heavy atom. The minimum atomic E-state index is -0.485. The molecule has 1 saturated heterocycles. The van der Waals surface area contributed by atoms with Gasteiger partial charge in [-0.3, -0.25) is 9.59 Å². The molecule has 1 N–H and O–H groups in total. The van der Waals surface area contributed by atoms with Crippen LogP contribution < -0.4 is 5.32 Å². The van der Waals surface area contributed by atoms with Gasteiger partial charge in [0.15, 0.2) is 5.82 Å². The molecule has 0 aliphatic carbocycles. The third-order valence-electron chi connectivity index (χ3n) is 4.59. The van der Waals surface area contributed by atoms with Crippen molar-refractivity contribution < 1.29 is 18.5 Å². The first-order valence-corrected chi connectivity index (χ1v) is 9.09. The predicted molar refractivity (Wildman–Crippen MR) is 95.3 cm³/mol. The first kappa shape index (κ1) is 19.3. The maximum absolute atomic E-state index is 13.8. The Labute approximate surface area is 160 Å². The van der Waals surface area contributed by atoms with Crippen LogP contribution in [0, 0.1) is 18.7 Å². The van der Waals surface area contributed by atoms with E-state index in [4.69, 9.17) is 16.1 Å². The van der Waals surface area contributed by atoms with E-state index in [9.17, 15) is 14.0 Å². The van der Waals surface area contributed by atoms with Crippen LogP contribution in [0.2, 0.25) is 5.02 Å². The van der Waals surface area contributed by atoms with Gasteiger partial charge in [-0.1, -0.05) is 22.8 Å². The number of hydrogen-bond donors (Lipinski definition) is 1. The second-order valence-corrected chi connectivity index (χ2v) is 6.89. The predicted octanol–water partition coefficient (Wildman–Crippen LogP) is 2.27. The number of amides is 2. The van der Waals surface area contributed by atoms with Gasteiger partial charge in [0.1, 0.15) is 5.82 Å². The maximum atomic E-state index is 13.8. The van der Waals surface area contributed by atoms with Crippen LogP contribution in [-0.4, -0.2) is 39.9 Å². The molecular weight excluding hydrogens is 375 g/mol. The Bertz CT molecular complexity index is 814. The molecule has 0 unspecified atom stereocenters. The van der Waals surface area contributed by atoms with Crippen LogP contribution in [-0.2, 0) is 22.6 Å². The molecular formula is C18H20ClFN4O3. The number of aryl methyl sites for hydroxylation is 1. The summed E-state index contributed by atoms with van der Waals surface area (Å²) >= 11 is 5.98. The van der Waals surface area contributed by atoms with Crippen molar-refractivity contribution in [3.8, 4) is 0 Å². The van der Waals surface area contributed by atoms with Gasteiger partial charge in [0, 0.05) is 29.6 Å². The Kier molecular flexibility index (Phi) is 6.05. The van der Waals surface area contributed by atoms with E-state index in [0.717, 1.165) is 0 Å². The van der Waals surface area contributed by atoms with Crippen molar-refractivity contribution in [2.24, 2.45) is 5.92 Å². The first-order chi connectivity index (χ1) is 12.9. The highest BCUT2D eigenvalue weighted by Crippen LogP contribution is 2.22. The summed E-state index contributed by atoms with van der Waals surface area (Å²) in [6.45, 7) is 2.78. The van der Waals surface area contributed by atoms with E-state index >= 15 is 0 Å². The van der Waals surface area contributed by atoms with Crippen molar-refractivity contribution in [1.82, 2.24) is 20.4 Å². The number of hydrogen-bond acceptors (Lipinski definition) is 5. The van der Waals surface area contributed by atoms with Crippen LogP contribution in [0.1, 0.15) is 30.1 Å². The van der Waals surface area contributed by atoms with Crippen molar-refractivity contribution in [1.29, 1.82) is 0 Å². The van der Waals surface area contributed by atoms with Gasteiger partial charge in [0.25, 0.3) is 0 Å². The summed E-state index contributed by atoms with van der Waals surface area (Å²) in [5.41, 5.74) is 0.207. The molecule has 2 aromatic rings. The van der Waals surface area contributed by atoms with E-state index in [2.05, 4.69) is 15.5 Å². The quantitative estimate of drug-likeness (QED) is 0.840. The van der Waals surface area contributed by atoms with E-state index in [1.54, 1.807) is 17.9 Å². The lowest BCUT2D eigenvalue weighted by Gasteiger charge is -2.31. The standard InChI is InChI=1S/C18H20ClFN4O3/c1-11-22-16(27-23-11)10-21-18(26)12-5-7-24(8-6-12)17(25)9-13-14(19)3-2-4-15(13)20/h2-4,12H,5-10H2,1H3,(H,21,26). The van der Waals surface area contributed by atoms with E-state index in [1.807, 2.05) is 0 Å². The molecule has 7 nitrogen and oxygen atoms in total. The highest BCUT2D eigenvalue weighted by molar-refractivity contribution is 6.31. The van der Waals surface area contributed by atoms with E-state index in [0.29, 0.717) is 37.6 Å². The number of piperidine rings is 1. The number of rotatable bonds is 5. The Morgan fingerprint density at radius 3 is 2.74 bits per heavy atom. The van der Waals surface area contributed by atoms with Gasteiger partial charge in [0.2, 0.25) is 17.7 Å². The highest BCUT2D eigenvalue weighted by Gasteiger charge is 2.28. The Hall–Kier alpha value is -2.48. The molecule has 27 heavy (non-hydrogen) atoms. The SMILES string of the molecule is Cc1noc(CNC(=O)C2CCN(C(=O)Cc3c(F)cccc3Cl)CC2)n1. The number of halogens is 2. The first-order valence-electron chi connectivity index (χ1n) is 8.71. The van der Waals surface area contributed by atoms with E-state index in [-0.39, 0.29) is 41.3 Å². The molecule has 1 fully saturated rings. The summed E-state index contributed by atoms with van der Waals surface area (Å²) in [5, 5.41) is 6.68. The maximum Gasteiger partial charge on any atom is 0.246 e. The van der Waals surface area contributed by atoms with Crippen LogP contribution in [0.3, 0.4) is 0 Å². The van der Waals surface area contributed by atoms with E-state index in [1.165, 1.54) is 12.1 Å². The number of nitrogens with one attached hydrogen (secondary N) is 1. The van der Waals surface area contributed by atoms with Crippen molar-refractivity contribution in [2.75, 3.05) is 13.1 Å². The lowest BCUT2D eigenvalue weighted by atomic mass is 9.95. The normalized spacial score (nSPS) is 15.0.